The highest BCUT2D eigenvalue weighted by Gasteiger charge is 2.32. The van der Waals surface area contributed by atoms with Crippen LogP contribution >= 0.6 is 24.0 Å². The molecule has 1 amide bonds. The van der Waals surface area contributed by atoms with Gasteiger partial charge in [0.1, 0.15) is 10.1 Å². The molecule has 5 nitrogen and oxygen atoms in total. The second-order valence-electron chi connectivity index (χ2n) is 8.77. The number of amides is 1. The highest BCUT2D eigenvalue weighted by atomic mass is 32.2. The predicted molar refractivity (Wildman–Crippen MR) is 154 cm³/mol. The van der Waals surface area contributed by atoms with E-state index in [2.05, 4.69) is 19.9 Å². The van der Waals surface area contributed by atoms with Crippen molar-refractivity contribution in [1.82, 2.24) is 4.90 Å². The molecule has 0 N–H and O–H groups in total. The smallest absolute Gasteiger partial charge is 0.266 e. The van der Waals surface area contributed by atoms with Crippen molar-refractivity contribution in [3.63, 3.8) is 0 Å². The minimum Gasteiger partial charge on any atom is -0.493 e. The van der Waals surface area contributed by atoms with Crippen LogP contribution in [0.3, 0.4) is 0 Å². The van der Waals surface area contributed by atoms with Gasteiger partial charge in [-0.1, -0.05) is 66.4 Å². The summed E-state index contributed by atoms with van der Waals surface area (Å²) in [6.07, 6.45) is 2.60. The molecular formula is C30H31NO4S2. The van der Waals surface area contributed by atoms with Gasteiger partial charge in [-0.05, 0) is 73.4 Å². The molecule has 1 saturated heterocycles. The Hall–Kier alpha value is -3.29. The molecule has 1 fully saturated rings. The van der Waals surface area contributed by atoms with E-state index in [1.54, 1.807) is 4.90 Å². The van der Waals surface area contributed by atoms with Crippen LogP contribution in [0.25, 0.3) is 6.08 Å². The van der Waals surface area contributed by atoms with E-state index >= 15 is 0 Å². The predicted octanol–water partition coefficient (Wildman–Crippen LogP) is 6.95. The lowest BCUT2D eigenvalue weighted by Gasteiger charge is -2.14. The van der Waals surface area contributed by atoms with Crippen LogP contribution in [0.2, 0.25) is 0 Å². The van der Waals surface area contributed by atoms with Crippen LogP contribution in [-0.4, -0.2) is 34.9 Å². The third kappa shape index (κ3) is 7.37. The van der Waals surface area contributed by atoms with E-state index in [0.717, 1.165) is 23.3 Å². The third-order valence-corrected chi connectivity index (χ3v) is 7.01. The molecule has 4 rings (SSSR count). The summed E-state index contributed by atoms with van der Waals surface area (Å²) < 4.78 is 18.3. The average Bonchev–Trinajstić information content (AvgIpc) is 3.12. The monoisotopic (exact) mass is 533 g/mol. The van der Waals surface area contributed by atoms with Crippen molar-refractivity contribution in [2.24, 2.45) is 0 Å². The number of thiocarbonyl (C=S) groups is 1. The van der Waals surface area contributed by atoms with Gasteiger partial charge in [0.05, 0.1) is 31.3 Å². The molecule has 3 aromatic rings. The Morgan fingerprint density at radius 2 is 1.62 bits per heavy atom. The molecule has 0 aliphatic carbocycles. The highest BCUT2D eigenvalue weighted by molar-refractivity contribution is 8.26. The molecule has 192 valence electrons. The van der Waals surface area contributed by atoms with Crippen molar-refractivity contribution in [2.75, 3.05) is 19.8 Å². The van der Waals surface area contributed by atoms with Crippen molar-refractivity contribution in [2.45, 2.75) is 33.7 Å². The summed E-state index contributed by atoms with van der Waals surface area (Å²) in [5, 5.41) is 0. The molecule has 3 aromatic carbocycles. The first kappa shape index (κ1) is 26.8. The van der Waals surface area contributed by atoms with E-state index in [-0.39, 0.29) is 5.91 Å². The van der Waals surface area contributed by atoms with Crippen molar-refractivity contribution in [1.29, 1.82) is 0 Å². The zero-order chi connectivity index (χ0) is 26.2. The van der Waals surface area contributed by atoms with Gasteiger partial charge in [-0.2, -0.15) is 0 Å². The van der Waals surface area contributed by atoms with Gasteiger partial charge in [-0.25, -0.2) is 0 Å². The molecule has 0 saturated carbocycles. The Bertz CT molecular complexity index is 1270. The fourth-order valence-electron chi connectivity index (χ4n) is 4.00. The van der Waals surface area contributed by atoms with Crippen molar-refractivity contribution in [3.8, 4) is 17.2 Å². The number of carbonyl (C=O) groups is 1. The molecule has 0 aromatic heterocycles. The summed E-state index contributed by atoms with van der Waals surface area (Å²) in [7, 11) is 0. The van der Waals surface area contributed by atoms with E-state index in [0.29, 0.717) is 47.1 Å². The molecule has 37 heavy (non-hydrogen) atoms. The van der Waals surface area contributed by atoms with E-state index in [9.17, 15) is 4.79 Å². The Labute approximate surface area is 228 Å². The fourth-order valence-corrected chi connectivity index (χ4v) is 5.26. The molecular weight excluding hydrogens is 502 g/mol. The Morgan fingerprint density at radius 3 is 2.35 bits per heavy atom. The maximum atomic E-state index is 13.0. The summed E-state index contributed by atoms with van der Waals surface area (Å²) in [6, 6.07) is 21.8. The van der Waals surface area contributed by atoms with Gasteiger partial charge < -0.3 is 14.2 Å². The molecule has 0 unspecified atom stereocenters. The van der Waals surface area contributed by atoms with E-state index in [4.69, 9.17) is 26.4 Å². The van der Waals surface area contributed by atoms with Gasteiger partial charge in [0.25, 0.3) is 5.91 Å². The molecule has 1 aliphatic heterocycles. The number of hydrogen-bond donors (Lipinski definition) is 0. The van der Waals surface area contributed by atoms with E-state index in [1.807, 2.05) is 73.7 Å². The van der Waals surface area contributed by atoms with Crippen LogP contribution in [0.5, 0.6) is 17.2 Å². The van der Waals surface area contributed by atoms with Crippen LogP contribution in [0, 0.1) is 13.8 Å². The summed E-state index contributed by atoms with van der Waals surface area (Å²) in [5.41, 5.74) is 4.27. The van der Waals surface area contributed by atoms with E-state index < -0.39 is 0 Å². The van der Waals surface area contributed by atoms with Gasteiger partial charge in [0.15, 0.2) is 11.5 Å². The standard InChI is InChI=1S/C30H31NO4S2/c1-4-33-27-18-24(19-28-29(32)31(30(36)37-28)20-23-9-6-5-7-10-23)11-12-26(27)35-14-8-13-34-25-16-21(2)15-22(3)17-25/h5-7,9-12,15-19H,4,8,13-14,20H2,1-3H3/b28-19+. The van der Waals surface area contributed by atoms with Crippen LogP contribution < -0.4 is 14.2 Å². The first-order valence-corrected chi connectivity index (χ1v) is 13.6. The molecule has 1 heterocycles. The zero-order valence-corrected chi connectivity index (χ0v) is 23.0. The van der Waals surface area contributed by atoms with E-state index in [1.165, 1.54) is 22.9 Å². The Balaban J connectivity index is 1.36. The number of carbonyl (C=O) groups excluding carboxylic acids is 1. The first-order chi connectivity index (χ1) is 17.9. The van der Waals surface area contributed by atoms with Gasteiger partial charge in [0, 0.05) is 6.42 Å². The van der Waals surface area contributed by atoms with Gasteiger partial charge in [-0.3, -0.25) is 9.69 Å². The number of nitrogens with zero attached hydrogens (tertiary/aromatic N) is 1. The molecule has 0 radical (unpaired) electrons. The Morgan fingerprint density at radius 1 is 0.892 bits per heavy atom. The van der Waals surface area contributed by atoms with Gasteiger partial charge in [0.2, 0.25) is 0 Å². The number of aryl methyl sites for hydroxylation is 2. The van der Waals surface area contributed by atoms with Crippen molar-refractivity contribution >= 4 is 40.3 Å². The second-order valence-corrected chi connectivity index (χ2v) is 10.4. The molecule has 1 aliphatic rings. The molecule has 0 spiro atoms. The average molecular weight is 534 g/mol. The summed E-state index contributed by atoms with van der Waals surface area (Å²) >= 11 is 6.80. The lowest BCUT2D eigenvalue weighted by molar-refractivity contribution is -0.122. The lowest BCUT2D eigenvalue weighted by Crippen LogP contribution is -2.27. The number of ether oxygens (including phenoxy) is 3. The number of thioether (sulfide) groups is 1. The minimum atomic E-state index is -0.0825. The fraction of sp³-hybridized carbons (Fsp3) is 0.267. The largest absolute Gasteiger partial charge is 0.493 e. The van der Waals surface area contributed by atoms with Gasteiger partial charge in [-0.15, -0.1) is 0 Å². The second kappa shape index (κ2) is 12.8. The van der Waals surface area contributed by atoms with Crippen LogP contribution in [0.4, 0.5) is 0 Å². The zero-order valence-electron chi connectivity index (χ0n) is 21.4. The van der Waals surface area contributed by atoms with Crippen LogP contribution in [-0.2, 0) is 11.3 Å². The summed E-state index contributed by atoms with van der Waals surface area (Å²) in [4.78, 5) is 15.3. The first-order valence-electron chi connectivity index (χ1n) is 12.3. The molecule has 0 bridgehead atoms. The molecule has 0 atom stereocenters. The lowest BCUT2D eigenvalue weighted by atomic mass is 10.1. The normalized spacial score (nSPS) is 14.4. The van der Waals surface area contributed by atoms with Gasteiger partial charge >= 0.3 is 0 Å². The highest BCUT2D eigenvalue weighted by Crippen LogP contribution is 2.35. The minimum absolute atomic E-state index is 0.0825. The number of benzene rings is 3. The maximum Gasteiger partial charge on any atom is 0.266 e. The number of rotatable bonds is 11. The maximum absolute atomic E-state index is 13.0. The SMILES string of the molecule is CCOc1cc(/C=C2/SC(=S)N(Cc3ccccc3)C2=O)ccc1OCCCOc1cc(C)cc(C)c1. The third-order valence-electron chi connectivity index (χ3n) is 5.63. The quantitative estimate of drug-likeness (QED) is 0.151. The number of hydrogen-bond acceptors (Lipinski definition) is 6. The van der Waals surface area contributed by atoms with Crippen LogP contribution in [0.15, 0.2) is 71.6 Å². The topological polar surface area (TPSA) is 48.0 Å². The summed E-state index contributed by atoms with van der Waals surface area (Å²) in [6.45, 7) is 8.10. The van der Waals surface area contributed by atoms with Crippen molar-refractivity contribution < 1.29 is 19.0 Å². The Kier molecular flexibility index (Phi) is 9.25. The van der Waals surface area contributed by atoms with Crippen LogP contribution in [0.1, 0.15) is 35.6 Å². The van der Waals surface area contributed by atoms with Crippen molar-refractivity contribution in [3.05, 3.63) is 93.9 Å². The summed E-state index contributed by atoms with van der Waals surface area (Å²) in [5.74, 6) is 2.11. The molecule has 7 heteroatoms.